The second-order valence-electron chi connectivity index (χ2n) is 4.85. The number of hydrogen-bond acceptors (Lipinski definition) is 3. The highest BCUT2D eigenvalue weighted by atomic mass is 35.5. The lowest BCUT2D eigenvalue weighted by Crippen LogP contribution is -2.15. The van der Waals surface area contributed by atoms with Crippen LogP contribution in [0, 0.1) is 11.3 Å². The van der Waals surface area contributed by atoms with Gasteiger partial charge in [0.2, 0.25) is 0 Å². The summed E-state index contributed by atoms with van der Waals surface area (Å²) in [5.41, 5.74) is 0.840. The highest BCUT2D eigenvalue weighted by molar-refractivity contribution is 6.21. The van der Waals surface area contributed by atoms with Crippen LogP contribution in [0.15, 0.2) is 70.9 Å². The molecule has 2 rings (SSSR count). The molecule has 0 fully saturated rings. The summed E-state index contributed by atoms with van der Waals surface area (Å²) in [6.07, 6.45) is 0. The Balaban J connectivity index is 2.08. The maximum absolute atomic E-state index is 9.38. The normalized spacial score (nSPS) is 15.3. The number of nitriles is 1. The SMILES string of the molecule is CC(C#N)(N=NCC(Cl)c1ccccc1)c1ccccc1. The molecule has 0 amide bonds. The summed E-state index contributed by atoms with van der Waals surface area (Å²) in [5.74, 6) is 0. The Kier molecular flexibility index (Phi) is 5.08. The molecule has 0 heterocycles. The molecule has 2 unspecified atom stereocenters. The topological polar surface area (TPSA) is 48.5 Å². The van der Waals surface area contributed by atoms with Gasteiger partial charge in [0.05, 0.1) is 18.0 Å². The van der Waals surface area contributed by atoms with Gasteiger partial charge in [-0.25, -0.2) is 0 Å². The lowest BCUT2D eigenvalue weighted by molar-refractivity contribution is 0.590. The lowest BCUT2D eigenvalue weighted by atomic mass is 9.95. The van der Waals surface area contributed by atoms with Gasteiger partial charge < -0.3 is 0 Å². The highest BCUT2D eigenvalue weighted by Crippen LogP contribution is 2.26. The van der Waals surface area contributed by atoms with Crippen LogP contribution >= 0.6 is 11.6 Å². The molecule has 0 aliphatic carbocycles. The number of hydrogen-bond donors (Lipinski definition) is 0. The Morgan fingerprint density at radius 1 is 1.10 bits per heavy atom. The van der Waals surface area contributed by atoms with E-state index >= 15 is 0 Å². The first-order valence-electron chi connectivity index (χ1n) is 6.70. The predicted octanol–water partition coefficient (Wildman–Crippen LogP) is 4.86. The molecule has 0 aliphatic heterocycles. The molecule has 0 aromatic heterocycles. The van der Waals surface area contributed by atoms with Crippen LogP contribution in [0.25, 0.3) is 0 Å². The van der Waals surface area contributed by atoms with Crippen molar-refractivity contribution in [2.75, 3.05) is 6.54 Å². The third-order valence-corrected chi connectivity index (χ3v) is 3.62. The first-order chi connectivity index (χ1) is 10.2. The van der Waals surface area contributed by atoms with E-state index in [0.717, 1.165) is 11.1 Å². The van der Waals surface area contributed by atoms with Crippen LogP contribution < -0.4 is 0 Å². The third-order valence-electron chi connectivity index (χ3n) is 3.23. The van der Waals surface area contributed by atoms with Gasteiger partial charge >= 0.3 is 0 Å². The van der Waals surface area contributed by atoms with Crippen molar-refractivity contribution >= 4 is 11.6 Å². The zero-order valence-electron chi connectivity index (χ0n) is 11.8. The van der Waals surface area contributed by atoms with Crippen LogP contribution in [0.2, 0.25) is 0 Å². The second kappa shape index (κ2) is 7.01. The van der Waals surface area contributed by atoms with Crippen LogP contribution in [0.4, 0.5) is 0 Å². The van der Waals surface area contributed by atoms with E-state index in [1.807, 2.05) is 60.7 Å². The van der Waals surface area contributed by atoms with E-state index in [1.54, 1.807) is 6.92 Å². The van der Waals surface area contributed by atoms with E-state index in [-0.39, 0.29) is 5.38 Å². The van der Waals surface area contributed by atoms with Gasteiger partial charge in [-0.05, 0) is 18.1 Å². The molecule has 2 aromatic rings. The van der Waals surface area contributed by atoms with Gasteiger partial charge in [-0.1, -0.05) is 60.7 Å². The molecular formula is C17H16ClN3. The van der Waals surface area contributed by atoms with Crippen LogP contribution in [0.3, 0.4) is 0 Å². The van der Waals surface area contributed by atoms with Gasteiger partial charge in [0.25, 0.3) is 0 Å². The molecule has 0 radical (unpaired) electrons. The standard InChI is InChI=1S/C17H16ClN3/c1-17(13-19,15-10-6-3-7-11-15)21-20-12-16(18)14-8-4-2-5-9-14/h2-11,16H,12H2,1H3. The number of alkyl halides is 1. The van der Waals surface area contributed by atoms with Gasteiger partial charge in [0, 0.05) is 0 Å². The highest BCUT2D eigenvalue weighted by Gasteiger charge is 2.25. The minimum absolute atomic E-state index is 0.242. The summed E-state index contributed by atoms with van der Waals surface area (Å²) in [4.78, 5) is 0. The fourth-order valence-corrected chi connectivity index (χ4v) is 2.14. The molecule has 21 heavy (non-hydrogen) atoms. The van der Waals surface area contributed by atoms with Crippen molar-refractivity contribution in [3.63, 3.8) is 0 Å². The van der Waals surface area contributed by atoms with Crippen molar-refractivity contribution in [2.45, 2.75) is 17.8 Å². The molecule has 2 atom stereocenters. The fraction of sp³-hybridized carbons (Fsp3) is 0.235. The molecular weight excluding hydrogens is 282 g/mol. The summed E-state index contributed by atoms with van der Waals surface area (Å²) >= 11 is 6.29. The number of nitrogens with zero attached hydrogens (tertiary/aromatic N) is 3. The van der Waals surface area contributed by atoms with E-state index in [4.69, 9.17) is 11.6 Å². The number of azo groups is 1. The average molecular weight is 298 g/mol. The minimum atomic E-state index is -0.978. The molecule has 4 heteroatoms. The Morgan fingerprint density at radius 3 is 2.24 bits per heavy atom. The zero-order valence-corrected chi connectivity index (χ0v) is 12.5. The van der Waals surface area contributed by atoms with Crippen LogP contribution in [0.1, 0.15) is 23.4 Å². The molecule has 0 bridgehead atoms. The van der Waals surface area contributed by atoms with E-state index in [0.29, 0.717) is 6.54 Å². The van der Waals surface area contributed by atoms with Crippen molar-refractivity contribution < 1.29 is 0 Å². The minimum Gasteiger partial charge on any atom is -0.195 e. The van der Waals surface area contributed by atoms with Crippen LogP contribution in [-0.4, -0.2) is 6.54 Å². The van der Waals surface area contributed by atoms with E-state index in [1.165, 1.54) is 0 Å². The Morgan fingerprint density at radius 2 is 1.67 bits per heavy atom. The second-order valence-corrected chi connectivity index (χ2v) is 5.38. The molecule has 0 aliphatic rings. The third kappa shape index (κ3) is 3.90. The van der Waals surface area contributed by atoms with Crippen molar-refractivity contribution in [2.24, 2.45) is 10.2 Å². The van der Waals surface area contributed by atoms with E-state index in [9.17, 15) is 5.26 Å². The summed E-state index contributed by atoms with van der Waals surface area (Å²) in [5, 5.41) is 17.5. The average Bonchev–Trinajstić information content (AvgIpc) is 2.56. The van der Waals surface area contributed by atoms with Crippen LogP contribution in [0.5, 0.6) is 0 Å². The number of benzene rings is 2. The summed E-state index contributed by atoms with van der Waals surface area (Å²) in [6, 6.07) is 21.3. The van der Waals surface area contributed by atoms with Crippen molar-refractivity contribution in [3.8, 4) is 6.07 Å². The number of halogens is 1. The van der Waals surface area contributed by atoms with E-state index in [2.05, 4.69) is 16.3 Å². The monoisotopic (exact) mass is 297 g/mol. The summed E-state index contributed by atoms with van der Waals surface area (Å²) < 4.78 is 0. The first kappa shape index (κ1) is 15.2. The Bertz CT molecular complexity index is 634. The predicted molar refractivity (Wildman–Crippen MR) is 84.2 cm³/mol. The molecule has 0 saturated carbocycles. The molecule has 0 N–H and O–H groups in total. The Hall–Kier alpha value is -2.18. The maximum atomic E-state index is 9.38. The van der Waals surface area contributed by atoms with Gasteiger partial charge in [0.15, 0.2) is 5.54 Å². The quantitative estimate of drug-likeness (QED) is 0.574. The van der Waals surface area contributed by atoms with Crippen molar-refractivity contribution in [3.05, 3.63) is 71.8 Å². The van der Waals surface area contributed by atoms with Crippen LogP contribution in [-0.2, 0) is 5.54 Å². The Labute approximate surface area is 129 Å². The van der Waals surface area contributed by atoms with Crippen molar-refractivity contribution in [1.82, 2.24) is 0 Å². The molecule has 106 valence electrons. The molecule has 0 saturated heterocycles. The fourth-order valence-electron chi connectivity index (χ4n) is 1.93. The smallest absolute Gasteiger partial charge is 0.189 e. The molecule has 0 spiro atoms. The van der Waals surface area contributed by atoms with Gasteiger partial charge in [-0.15, -0.1) is 11.6 Å². The zero-order chi connectivity index (χ0) is 15.1. The molecule has 2 aromatic carbocycles. The van der Waals surface area contributed by atoms with Gasteiger partial charge in [-0.2, -0.15) is 15.5 Å². The van der Waals surface area contributed by atoms with Gasteiger partial charge in [0.1, 0.15) is 0 Å². The number of rotatable bonds is 5. The summed E-state index contributed by atoms with van der Waals surface area (Å²) in [7, 11) is 0. The molecule has 3 nitrogen and oxygen atoms in total. The van der Waals surface area contributed by atoms with E-state index < -0.39 is 5.54 Å². The van der Waals surface area contributed by atoms with Gasteiger partial charge in [-0.3, -0.25) is 0 Å². The van der Waals surface area contributed by atoms with Crippen molar-refractivity contribution in [1.29, 1.82) is 5.26 Å². The largest absolute Gasteiger partial charge is 0.195 e. The summed E-state index contributed by atoms with van der Waals surface area (Å²) in [6.45, 7) is 2.09. The lowest BCUT2D eigenvalue weighted by Gasteiger charge is -2.15. The first-order valence-corrected chi connectivity index (χ1v) is 7.14. The maximum Gasteiger partial charge on any atom is 0.189 e.